The van der Waals surface area contributed by atoms with Gasteiger partial charge in [0.05, 0.1) is 5.56 Å². The van der Waals surface area contributed by atoms with E-state index in [4.69, 9.17) is 0 Å². The summed E-state index contributed by atoms with van der Waals surface area (Å²) in [7, 11) is 3.41. The Bertz CT molecular complexity index is 877. The number of fused-ring (bicyclic) bond motifs is 1. The molecule has 0 unspecified atom stereocenters. The molecular weight excluding hydrogens is 374 g/mol. The molecule has 1 aromatic heterocycles. The van der Waals surface area contributed by atoms with E-state index in [1.807, 2.05) is 30.5 Å². The molecule has 148 valence electrons. The molecule has 1 aliphatic heterocycles. The third-order valence-electron chi connectivity index (χ3n) is 4.85. The monoisotopic (exact) mass is 399 g/mol. The van der Waals surface area contributed by atoms with Crippen molar-refractivity contribution in [1.29, 1.82) is 0 Å². The first kappa shape index (κ1) is 20.1. The van der Waals surface area contributed by atoms with Crippen molar-refractivity contribution in [3.05, 3.63) is 51.7 Å². The number of rotatable bonds is 5. The molecule has 2 heterocycles. The third-order valence-corrected chi connectivity index (χ3v) is 5.54. The van der Waals surface area contributed by atoms with Crippen LogP contribution in [0.4, 0.5) is 5.69 Å². The van der Waals surface area contributed by atoms with Gasteiger partial charge in [-0.25, -0.2) is 0 Å². The minimum Gasteiger partial charge on any atom is -0.347 e. The predicted molar refractivity (Wildman–Crippen MR) is 110 cm³/mol. The minimum atomic E-state index is -0.532. The topological polar surface area (TPSA) is 69.7 Å². The molecule has 3 amide bonds. The fourth-order valence-corrected chi connectivity index (χ4v) is 4.03. The standard InChI is InChI=1S/C21H25N3O3S/c1-4-5-19(25)22-17-7-6-14-11-18(21(27)23(2)3)24(12-16(14)10-17)20(26)15-8-9-28-13-15/h6-10,13,18H,4-5,11-12H2,1-3H3,(H,22,25)/t18-/m0/s1. The van der Waals surface area contributed by atoms with E-state index in [1.165, 1.54) is 16.2 Å². The maximum Gasteiger partial charge on any atom is 0.255 e. The highest BCUT2D eigenvalue weighted by molar-refractivity contribution is 7.08. The van der Waals surface area contributed by atoms with Crippen molar-refractivity contribution >= 4 is 34.7 Å². The van der Waals surface area contributed by atoms with Crippen molar-refractivity contribution < 1.29 is 14.4 Å². The van der Waals surface area contributed by atoms with Gasteiger partial charge in [-0.3, -0.25) is 14.4 Å². The average Bonchev–Trinajstić information content (AvgIpc) is 3.20. The molecule has 7 heteroatoms. The van der Waals surface area contributed by atoms with Crippen LogP contribution in [-0.2, 0) is 22.6 Å². The lowest BCUT2D eigenvalue weighted by Gasteiger charge is -2.37. The number of carbonyl (C=O) groups is 3. The number of likely N-dealkylation sites (N-methyl/N-ethyl adjacent to an activating group) is 1. The molecule has 0 spiro atoms. The van der Waals surface area contributed by atoms with Crippen molar-refractivity contribution in [2.45, 2.75) is 38.8 Å². The summed E-state index contributed by atoms with van der Waals surface area (Å²) in [5.74, 6) is -0.257. The molecule has 0 aliphatic carbocycles. The first-order valence-corrected chi connectivity index (χ1v) is 10.3. The van der Waals surface area contributed by atoms with Crippen LogP contribution in [0.25, 0.3) is 0 Å². The van der Waals surface area contributed by atoms with Crippen molar-refractivity contribution in [3.63, 3.8) is 0 Å². The smallest absolute Gasteiger partial charge is 0.255 e. The Morgan fingerprint density at radius 3 is 2.64 bits per heavy atom. The maximum atomic E-state index is 13.0. The number of amides is 3. The zero-order valence-corrected chi connectivity index (χ0v) is 17.2. The highest BCUT2D eigenvalue weighted by Crippen LogP contribution is 2.28. The summed E-state index contributed by atoms with van der Waals surface area (Å²) in [4.78, 5) is 40.9. The van der Waals surface area contributed by atoms with E-state index in [9.17, 15) is 14.4 Å². The van der Waals surface area contributed by atoms with Gasteiger partial charge < -0.3 is 15.1 Å². The predicted octanol–water partition coefficient (Wildman–Crippen LogP) is 3.14. The van der Waals surface area contributed by atoms with Crippen LogP contribution >= 0.6 is 11.3 Å². The van der Waals surface area contributed by atoms with Crippen LogP contribution in [0.15, 0.2) is 35.0 Å². The number of nitrogens with one attached hydrogen (secondary N) is 1. The van der Waals surface area contributed by atoms with Crippen LogP contribution in [0.2, 0.25) is 0 Å². The lowest BCUT2D eigenvalue weighted by Crippen LogP contribution is -2.52. The van der Waals surface area contributed by atoms with Crippen molar-refractivity contribution in [3.8, 4) is 0 Å². The van der Waals surface area contributed by atoms with Crippen LogP contribution in [0.3, 0.4) is 0 Å². The summed E-state index contributed by atoms with van der Waals surface area (Å²) < 4.78 is 0. The number of hydrogen-bond acceptors (Lipinski definition) is 4. The molecule has 3 rings (SSSR count). The van der Waals surface area contributed by atoms with Gasteiger partial charge in [0.25, 0.3) is 5.91 Å². The molecule has 2 aromatic rings. The van der Waals surface area contributed by atoms with E-state index in [-0.39, 0.29) is 17.7 Å². The minimum absolute atomic E-state index is 0.0230. The van der Waals surface area contributed by atoms with Crippen LogP contribution in [0.1, 0.15) is 41.3 Å². The van der Waals surface area contributed by atoms with E-state index in [0.29, 0.717) is 24.9 Å². The molecule has 6 nitrogen and oxygen atoms in total. The van der Waals surface area contributed by atoms with Gasteiger partial charge in [0.1, 0.15) is 6.04 Å². The molecular formula is C21H25N3O3S. The number of hydrogen-bond donors (Lipinski definition) is 1. The molecule has 28 heavy (non-hydrogen) atoms. The number of anilines is 1. The average molecular weight is 400 g/mol. The molecule has 0 saturated heterocycles. The molecule has 1 atom stereocenters. The normalized spacial score (nSPS) is 15.7. The molecule has 0 saturated carbocycles. The SMILES string of the molecule is CCCC(=O)Nc1ccc2c(c1)CN(C(=O)c1ccsc1)[C@H](C(=O)N(C)C)C2. The summed E-state index contributed by atoms with van der Waals surface area (Å²) in [6.07, 6.45) is 1.72. The second-order valence-corrected chi connectivity index (χ2v) is 7.96. The molecule has 1 aliphatic rings. The first-order valence-electron chi connectivity index (χ1n) is 9.36. The Morgan fingerprint density at radius 2 is 2.00 bits per heavy atom. The summed E-state index contributed by atoms with van der Waals surface area (Å²) in [5.41, 5.74) is 3.30. The zero-order valence-electron chi connectivity index (χ0n) is 16.4. The van der Waals surface area contributed by atoms with Crippen LogP contribution < -0.4 is 5.32 Å². The van der Waals surface area contributed by atoms with Crippen molar-refractivity contribution in [1.82, 2.24) is 9.80 Å². The van der Waals surface area contributed by atoms with E-state index >= 15 is 0 Å². The summed E-state index contributed by atoms with van der Waals surface area (Å²) in [6.45, 7) is 2.30. The largest absolute Gasteiger partial charge is 0.347 e. The number of benzene rings is 1. The van der Waals surface area contributed by atoms with Gasteiger partial charge >= 0.3 is 0 Å². The first-order chi connectivity index (χ1) is 13.4. The van der Waals surface area contributed by atoms with Gasteiger partial charge in [0.2, 0.25) is 11.8 Å². The van der Waals surface area contributed by atoms with E-state index < -0.39 is 6.04 Å². The highest BCUT2D eigenvalue weighted by Gasteiger charge is 2.36. The number of carbonyl (C=O) groups excluding carboxylic acids is 3. The molecule has 0 fully saturated rings. The second kappa shape index (κ2) is 8.56. The van der Waals surface area contributed by atoms with Gasteiger partial charge in [-0.2, -0.15) is 11.3 Å². The van der Waals surface area contributed by atoms with E-state index in [0.717, 1.165) is 23.2 Å². The highest BCUT2D eigenvalue weighted by atomic mass is 32.1. The quantitative estimate of drug-likeness (QED) is 0.840. The van der Waals surface area contributed by atoms with E-state index in [2.05, 4.69) is 5.32 Å². The second-order valence-electron chi connectivity index (χ2n) is 7.18. The van der Waals surface area contributed by atoms with Crippen molar-refractivity contribution in [2.75, 3.05) is 19.4 Å². The summed E-state index contributed by atoms with van der Waals surface area (Å²) in [5, 5.41) is 6.56. The maximum absolute atomic E-state index is 13.0. The van der Waals surface area contributed by atoms with Gasteiger partial charge in [0, 0.05) is 44.5 Å². The lowest BCUT2D eigenvalue weighted by molar-refractivity contribution is -0.134. The number of nitrogens with zero attached hydrogens (tertiary/aromatic N) is 2. The number of thiophene rings is 1. The van der Waals surface area contributed by atoms with Crippen LogP contribution in [-0.4, -0.2) is 47.7 Å². The Hall–Kier alpha value is -2.67. The zero-order chi connectivity index (χ0) is 20.3. The lowest BCUT2D eigenvalue weighted by atomic mass is 9.92. The van der Waals surface area contributed by atoms with Gasteiger partial charge in [-0.15, -0.1) is 0 Å². The van der Waals surface area contributed by atoms with Gasteiger partial charge in [0.15, 0.2) is 0 Å². The van der Waals surface area contributed by atoms with Gasteiger partial charge in [-0.1, -0.05) is 13.0 Å². The van der Waals surface area contributed by atoms with E-state index in [1.54, 1.807) is 30.4 Å². The van der Waals surface area contributed by atoms with Crippen LogP contribution in [0, 0.1) is 0 Å². The third kappa shape index (κ3) is 4.25. The molecule has 1 N–H and O–H groups in total. The van der Waals surface area contributed by atoms with Crippen LogP contribution in [0.5, 0.6) is 0 Å². The molecule has 0 radical (unpaired) electrons. The Morgan fingerprint density at radius 1 is 1.21 bits per heavy atom. The van der Waals surface area contributed by atoms with Crippen molar-refractivity contribution in [2.24, 2.45) is 0 Å². The fourth-order valence-electron chi connectivity index (χ4n) is 3.40. The Labute approximate surface area is 169 Å². The molecule has 0 bridgehead atoms. The molecule has 1 aromatic carbocycles. The van der Waals surface area contributed by atoms with Gasteiger partial charge in [-0.05, 0) is 41.1 Å². The fraction of sp³-hybridized carbons (Fsp3) is 0.381. The summed E-state index contributed by atoms with van der Waals surface area (Å²) >= 11 is 1.46. The Kier molecular flexibility index (Phi) is 6.14. The Balaban J connectivity index is 1.90. The summed E-state index contributed by atoms with van der Waals surface area (Å²) in [6, 6.07) is 6.96.